The fourth-order valence-corrected chi connectivity index (χ4v) is 2.27. The second kappa shape index (κ2) is 4.68. The van der Waals surface area contributed by atoms with Crippen molar-refractivity contribution >= 4 is 5.78 Å². The molecular weight excluding hydrogens is 276 g/mol. The third kappa shape index (κ3) is 2.15. The average Bonchev–Trinajstić information content (AvgIpc) is 2.45. The minimum Gasteiger partial charge on any atom is -0.508 e. The summed E-state index contributed by atoms with van der Waals surface area (Å²) in [4.78, 5) is 12.2. The van der Waals surface area contributed by atoms with E-state index in [2.05, 4.69) is 0 Å². The van der Waals surface area contributed by atoms with Gasteiger partial charge in [-0.2, -0.15) is 0 Å². The van der Waals surface area contributed by atoms with E-state index in [4.69, 9.17) is 4.74 Å². The predicted octanol–water partition coefficient (Wildman–Crippen LogP) is 1.54. The highest BCUT2D eigenvalue weighted by Crippen LogP contribution is 2.41. The minimum atomic E-state index is -1.38. The maximum absolute atomic E-state index is 12.2. The zero-order valence-corrected chi connectivity index (χ0v) is 10.7. The summed E-state index contributed by atoms with van der Waals surface area (Å²) in [7, 11) is 0. The Kier molecular flexibility index (Phi) is 2.95. The largest absolute Gasteiger partial charge is 0.508 e. The zero-order valence-electron chi connectivity index (χ0n) is 10.7. The van der Waals surface area contributed by atoms with Gasteiger partial charge in [0, 0.05) is 17.2 Å². The number of ether oxygens (including phenoxy) is 1. The van der Waals surface area contributed by atoms with E-state index in [1.807, 2.05) is 0 Å². The number of Topliss-reactive ketones (excluding diaryl/α,β-unsaturated/α-hetero) is 1. The van der Waals surface area contributed by atoms with Crippen LogP contribution in [0.5, 0.6) is 23.0 Å². The molecule has 0 radical (unpaired) electrons. The summed E-state index contributed by atoms with van der Waals surface area (Å²) in [5, 5.41) is 38.3. The van der Waals surface area contributed by atoms with Crippen molar-refractivity contribution in [1.82, 2.24) is 0 Å². The number of aliphatic hydroxyl groups is 1. The molecule has 4 N–H and O–H groups in total. The van der Waals surface area contributed by atoms with Gasteiger partial charge in [0.05, 0.1) is 0 Å². The Balaban J connectivity index is 2.05. The Hall–Kier alpha value is -2.73. The fourth-order valence-electron chi connectivity index (χ4n) is 2.27. The maximum Gasteiger partial charge on any atom is 0.210 e. The molecule has 6 nitrogen and oxygen atoms in total. The van der Waals surface area contributed by atoms with Gasteiger partial charge in [-0.25, -0.2) is 0 Å². The van der Waals surface area contributed by atoms with E-state index in [0.29, 0.717) is 5.56 Å². The summed E-state index contributed by atoms with van der Waals surface area (Å²) in [5.41, 5.74) is 0.570. The molecule has 1 aliphatic heterocycles. The van der Waals surface area contributed by atoms with Crippen molar-refractivity contribution in [2.75, 3.05) is 0 Å². The standard InChI is InChI=1S/C15H12O6/c16-8-2-3-9-12(6-8)21-15(14(20)13(9)19)7-1-4-10(17)11(18)5-7/h1-6,13,15-19H. The number of carbonyl (C=O) groups is 1. The van der Waals surface area contributed by atoms with Crippen molar-refractivity contribution in [2.24, 2.45) is 0 Å². The monoisotopic (exact) mass is 288 g/mol. The van der Waals surface area contributed by atoms with E-state index < -0.39 is 18.0 Å². The first-order valence-corrected chi connectivity index (χ1v) is 6.20. The van der Waals surface area contributed by atoms with Gasteiger partial charge in [0.15, 0.2) is 17.6 Å². The lowest BCUT2D eigenvalue weighted by Crippen LogP contribution is -2.29. The fraction of sp³-hybridized carbons (Fsp3) is 0.133. The van der Waals surface area contributed by atoms with Crippen LogP contribution in [0, 0.1) is 0 Å². The SMILES string of the molecule is O=C1C(O)c2ccc(O)cc2OC1c1ccc(O)c(O)c1. The van der Waals surface area contributed by atoms with E-state index in [0.717, 1.165) is 0 Å². The van der Waals surface area contributed by atoms with Crippen LogP contribution < -0.4 is 4.74 Å². The number of phenols is 3. The van der Waals surface area contributed by atoms with Gasteiger partial charge < -0.3 is 25.2 Å². The molecule has 0 amide bonds. The highest BCUT2D eigenvalue weighted by Gasteiger charge is 2.37. The molecular formula is C15H12O6. The first-order valence-electron chi connectivity index (χ1n) is 6.20. The molecule has 2 unspecified atom stereocenters. The van der Waals surface area contributed by atoms with Crippen molar-refractivity contribution in [3.05, 3.63) is 47.5 Å². The van der Waals surface area contributed by atoms with Crippen molar-refractivity contribution in [3.63, 3.8) is 0 Å². The van der Waals surface area contributed by atoms with Crippen molar-refractivity contribution in [2.45, 2.75) is 12.2 Å². The number of fused-ring (bicyclic) bond motifs is 1. The van der Waals surface area contributed by atoms with Crippen LogP contribution in [0.4, 0.5) is 0 Å². The number of aromatic hydroxyl groups is 3. The Morgan fingerprint density at radius 3 is 2.43 bits per heavy atom. The van der Waals surface area contributed by atoms with Crippen LogP contribution in [0.25, 0.3) is 0 Å². The van der Waals surface area contributed by atoms with Gasteiger partial charge in [0.25, 0.3) is 0 Å². The van der Waals surface area contributed by atoms with E-state index in [9.17, 15) is 25.2 Å². The van der Waals surface area contributed by atoms with Gasteiger partial charge >= 0.3 is 0 Å². The summed E-state index contributed by atoms with van der Waals surface area (Å²) in [6, 6.07) is 7.91. The molecule has 0 aromatic heterocycles. The molecule has 2 aromatic rings. The number of hydrogen-bond acceptors (Lipinski definition) is 6. The van der Waals surface area contributed by atoms with E-state index in [-0.39, 0.29) is 28.6 Å². The van der Waals surface area contributed by atoms with Crippen LogP contribution in [-0.2, 0) is 4.79 Å². The third-order valence-corrected chi connectivity index (χ3v) is 3.37. The lowest BCUT2D eigenvalue weighted by atomic mass is 9.93. The van der Waals surface area contributed by atoms with Gasteiger partial charge in [-0.15, -0.1) is 0 Å². The van der Waals surface area contributed by atoms with E-state index >= 15 is 0 Å². The quantitative estimate of drug-likeness (QED) is 0.593. The van der Waals surface area contributed by atoms with Crippen LogP contribution >= 0.6 is 0 Å². The molecule has 1 aliphatic rings. The molecule has 21 heavy (non-hydrogen) atoms. The zero-order chi connectivity index (χ0) is 15.1. The number of phenolic OH excluding ortho intramolecular Hbond substituents is 3. The highest BCUT2D eigenvalue weighted by atomic mass is 16.5. The number of aliphatic hydroxyl groups excluding tert-OH is 1. The van der Waals surface area contributed by atoms with Crippen molar-refractivity contribution < 1.29 is 30.0 Å². The number of rotatable bonds is 1. The molecule has 0 aliphatic carbocycles. The molecule has 0 saturated heterocycles. The predicted molar refractivity (Wildman–Crippen MR) is 71.2 cm³/mol. The lowest BCUT2D eigenvalue weighted by molar-refractivity contribution is -0.137. The topological polar surface area (TPSA) is 107 Å². The molecule has 2 aromatic carbocycles. The number of ketones is 1. The molecule has 0 fully saturated rings. The van der Waals surface area contributed by atoms with Crippen LogP contribution in [0.3, 0.4) is 0 Å². The van der Waals surface area contributed by atoms with E-state index in [1.54, 1.807) is 0 Å². The van der Waals surface area contributed by atoms with Crippen LogP contribution in [0.1, 0.15) is 23.3 Å². The van der Waals surface area contributed by atoms with Crippen molar-refractivity contribution in [3.8, 4) is 23.0 Å². The molecule has 0 spiro atoms. The molecule has 2 atom stereocenters. The Bertz CT molecular complexity index is 724. The molecule has 0 bridgehead atoms. The number of hydrogen-bond donors (Lipinski definition) is 4. The highest BCUT2D eigenvalue weighted by molar-refractivity contribution is 5.91. The van der Waals surface area contributed by atoms with Crippen LogP contribution in [-0.4, -0.2) is 26.2 Å². The number of carbonyl (C=O) groups excluding carboxylic acids is 1. The summed E-state index contributed by atoms with van der Waals surface area (Å²) >= 11 is 0. The summed E-state index contributed by atoms with van der Waals surface area (Å²) in [6.45, 7) is 0. The van der Waals surface area contributed by atoms with Crippen molar-refractivity contribution in [1.29, 1.82) is 0 Å². The molecule has 0 saturated carbocycles. The van der Waals surface area contributed by atoms with Crippen LogP contribution in [0.15, 0.2) is 36.4 Å². The number of benzene rings is 2. The normalized spacial score (nSPS) is 20.7. The second-order valence-corrected chi connectivity index (χ2v) is 4.77. The molecule has 6 heteroatoms. The Labute approximate surface area is 119 Å². The van der Waals surface area contributed by atoms with Gasteiger partial charge in [0.1, 0.15) is 17.6 Å². The Morgan fingerprint density at radius 1 is 0.952 bits per heavy atom. The first kappa shape index (κ1) is 13.3. The maximum atomic E-state index is 12.2. The third-order valence-electron chi connectivity index (χ3n) is 3.37. The average molecular weight is 288 g/mol. The summed E-state index contributed by atoms with van der Waals surface area (Å²) < 4.78 is 5.51. The summed E-state index contributed by atoms with van der Waals surface area (Å²) in [5.74, 6) is -1.15. The minimum absolute atomic E-state index is 0.0531. The first-order chi connectivity index (χ1) is 9.97. The molecule has 108 valence electrons. The molecule has 1 heterocycles. The van der Waals surface area contributed by atoms with Gasteiger partial charge in [-0.05, 0) is 24.3 Å². The molecule has 3 rings (SSSR count). The smallest absolute Gasteiger partial charge is 0.210 e. The van der Waals surface area contributed by atoms with Crippen LogP contribution in [0.2, 0.25) is 0 Å². The van der Waals surface area contributed by atoms with Gasteiger partial charge in [-0.1, -0.05) is 6.07 Å². The summed E-state index contributed by atoms with van der Waals surface area (Å²) in [6.07, 6.45) is -2.50. The Morgan fingerprint density at radius 2 is 1.71 bits per heavy atom. The van der Waals surface area contributed by atoms with Gasteiger partial charge in [0.2, 0.25) is 5.78 Å². The van der Waals surface area contributed by atoms with E-state index in [1.165, 1.54) is 36.4 Å². The second-order valence-electron chi connectivity index (χ2n) is 4.77. The lowest BCUT2D eigenvalue weighted by Gasteiger charge is -2.28. The van der Waals surface area contributed by atoms with Gasteiger partial charge in [-0.3, -0.25) is 4.79 Å².